The summed E-state index contributed by atoms with van der Waals surface area (Å²) in [6, 6.07) is 5.06. The van der Waals surface area contributed by atoms with E-state index in [0.717, 1.165) is 0 Å². The molecule has 0 radical (unpaired) electrons. The third kappa shape index (κ3) is 5.60. The number of amides is 1. The summed E-state index contributed by atoms with van der Waals surface area (Å²) in [4.78, 5) is 22.6. The molecule has 110 valence electrons. The highest BCUT2D eigenvalue weighted by atomic mass is 16.5. The Morgan fingerprint density at radius 3 is 2.35 bits per heavy atom. The van der Waals surface area contributed by atoms with Crippen molar-refractivity contribution in [3.05, 3.63) is 29.8 Å². The Morgan fingerprint density at radius 1 is 1.25 bits per heavy atom. The molecule has 20 heavy (non-hydrogen) atoms. The lowest BCUT2D eigenvalue weighted by atomic mass is 10.1. The van der Waals surface area contributed by atoms with Crippen molar-refractivity contribution in [1.29, 1.82) is 0 Å². The summed E-state index contributed by atoms with van der Waals surface area (Å²) < 4.78 is 4.89. The number of benzene rings is 1. The zero-order valence-electron chi connectivity index (χ0n) is 11.5. The number of carbonyl (C=O) groups excluding carboxylic acids is 1. The lowest BCUT2D eigenvalue weighted by Gasteiger charge is -2.15. The lowest BCUT2D eigenvalue weighted by molar-refractivity contribution is -0.139. The fourth-order valence-electron chi connectivity index (χ4n) is 1.49. The Balaban J connectivity index is 2.58. The van der Waals surface area contributed by atoms with Gasteiger partial charge in [0.25, 0.3) is 0 Å². The first kappa shape index (κ1) is 15.8. The monoisotopic (exact) mass is 281 g/mol. The molecule has 1 aromatic carbocycles. The number of hydrogen-bond donors (Lipinski definition) is 3. The SMILES string of the molecule is CC(C)COC(=O)N[C@H](Cc1ccc(O)cc1)C(=O)O. The van der Waals surface area contributed by atoms with Crippen molar-refractivity contribution in [2.24, 2.45) is 5.92 Å². The summed E-state index contributed by atoms with van der Waals surface area (Å²) in [5, 5.41) is 20.6. The van der Waals surface area contributed by atoms with E-state index in [2.05, 4.69) is 5.32 Å². The molecule has 0 aliphatic rings. The maximum atomic E-state index is 11.5. The third-order valence-electron chi connectivity index (χ3n) is 2.51. The summed E-state index contributed by atoms with van der Waals surface area (Å²) in [5.74, 6) is -0.856. The molecule has 0 spiro atoms. The van der Waals surface area contributed by atoms with Crippen LogP contribution in [0.15, 0.2) is 24.3 Å². The van der Waals surface area contributed by atoms with Gasteiger partial charge < -0.3 is 20.3 Å². The van der Waals surface area contributed by atoms with Gasteiger partial charge in [-0.15, -0.1) is 0 Å². The Morgan fingerprint density at radius 2 is 1.85 bits per heavy atom. The smallest absolute Gasteiger partial charge is 0.407 e. The van der Waals surface area contributed by atoms with E-state index in [1.807, 2.05) is 13.8 Å². The number of nitrogens with one attached hydrogen (secondary N) is 1. The van der Waals surface area contributed by atoms with Gasteiger partial charge in [0, 0.05) is 6.42 Å². The van der Waals surface area contributed by atoms with Gasteiger partial charge in [-0.2, -0.15) is 0 Å². The molecule has 1 aromatic rings. The van der Waals surface area contributed by atoms with Crippen LogP contribution in [0.3, 0.4) is 0 Å². The van der Waals surface area contributed by atoms with Crippen molar-refractivity contribution in [3.63, 3.8) is 0 Å². The van der Waals surface area contributed by atoms with Gasteiger partial charge in [0.15, 0.2) is 0 Å². The highest BCUT2D eigenvalue weighted by Gasteiger charge is 2.21. The van der Waals surface area contributed by atoms with Gasteiger partial charge in [0.2, 0.25) is 0 Å². The van der Waals surface area contributed by atoms with Crippen molar-refractivity contribution in [2.75, 3.05) is 6.61 Å². The molecule has 6 nitrogen and oxygen atoms in total. The first-order valence-corrected chi connectivity index (χ1v) is 6.32. The minimum Gasteiger partial charge on any atom is -0.508 e. The van der Waals surface area contributed by atoms with Crippen LogP contribution in [0.2, 0.25) is 0 Å². The third-order valence-corrected chi connectivity index (χ3v) is 2.51. The number of carbonyl (C=O) groups is 2. The molecule has 0 unspecified atom stereocenters. The first-order valence-electron chi connectivity index (χ1n) is 6.32. The number of phenolic OH excluding ortho intramolecular Hbond substituents is 1. The molecular weight excluding hydrogens is 262 g/mol. The maximum absolute atomic E-state index is 11.5. The van der Waals surface area contributed by atoms with E-state index in [1.54, 1.807) is 12.1 Å². The van der Waals surface area contributed by atoms with Crippen LogP contribution < -0.4 is 5.32 Å². The van der Waals surface area contributed by atoms with E-state index in [-0.39, 0.29) is 24.7 Å². The summed E-state index contributed by atoms with van der Waals surface area (Å²) >= 11 is 0. The Labute approximate surface area is 117 Å². The van der Waals surface area contributed by atoms with Gasteiger partial charge in [0.05, 0.1) is 6.61 Å². The molecule has 0 saturated carbocycles. The number of aromatic hydroxyl groups is 1. The molecule has 0 saturated heterocycles. The predicted octanol–water partition coefficient (Wildman–Crippen LogP) is 1.77. The number of phenols is 1. The highest BCUT2D eigenvalue weighted by Crippen LogP contribution is 2.11. The Kier molecular flexibility index (Phi) is 5.83. The van der Waals surface area contributed by atoms with E-state index in [1.165, 1.54) is 12.1 Å². The number of carboxylic acid groups (broad SMARTS) is 1. The second-order valence-corrected chi connectivity index (χ2v) is 4.90. The highest BCUT2D eigenvalue weighted by molar-refractivity contribution is 5.80. The van der Waals surface area contributed by atoms with Crippen molar-refractivity contribution in [1.82, 2.24) is 5.32 Å². The number of alkyl carbamates (subject to hydrolysis) is 1. The molecule has 0 fully saturated rings. The normalized spacial score (nSPS) is 11.9. The molecule has 0 aliphatic carbocycles. The van der Waals surface area contributed by atoms with E-state index >= 15 is 0 Å². The van der Waals surface area contributed by atoms with E-state index < -0.39 is 18.1 Å². The van der Waals surface area contributed by atoms with Gasteiger partial charge >= 0.3 is 12.1 Å². The Bertz CT molecular complexity index is 455. The van der Waals surface area contributed by atoms with Crippen LogP contribution in [-0.4, -0.2) is 34.9 Å². The minimum absolute atomic E-state index is 0.102. The summed E-state index contributed by atoms with van der Waals surface area (Å²) in [7, 11) is 0. The summed E-state index contributed by atoms with van der Waals surface area (Å²) in [6.45, 7) is 4.01. The largest absolute Gasteiger partial charge is 0.508 e. The van der Waals surface area contributed by atoms with Gasteiger partial charge in [-0.3, -0.25) is 0 Å². The molecule has 0 bridgehead atoms. The number of hydrogen-bond acceptors (Lipinski definition) is 4. The predicted molar refractivity (Wildman–Crippen MR) is 72.6 cm³/mol. The number of aliphatic carboxylic acids is 1. The van der Waals surface area contributed by atoms with Crippen LogP contribution in [-0.2, 0) is 16.0 Å². The average molecular weight is 281 g/mol. The van der Waals surface area contributed by atoms with Crippen LogP contribution in [0.1, 0.15) is 19.4 Å². The van der Waals surface area contributed by atoms with Crippen molar-refractivity contribution in [3.8, 4) is 5.75 Å². The van der Waals surface area contributed by atoms with Gasteiger partial charge in [-0.25, -0.2) is 9.59 Å². The fourth-order valence-corrected chi connectivity index (χ4v) is 1.49. The quantitative estimate of drug-likeness (QED) is 0.738. The second-order valence-electron chi connectivity index (χ2n) is 4.90. The lowest BCUT2D eigenvalue weighted by Crippen LogP contribution is -2.42. The number of ether oxygens (including phenoxy) is 1. The second kappa shape index (κ2) is 7.37. The number of rotatable bonds is 6. The molecule has 1 atom stereocenters. The zero-order chi connectivity index (χ0) is 15.1. The van der Waals surface area contributed by atoms with Gasteiger partial charge in [-0.1, -0.05) is 26.0 Å². The molecular formula is C14H19NO5. The average Bonchev–Trinajstić information content (AvgIpc) is 2.38. The van der Waals surface area contributed by atoms with E-state index in [0.29, 0.717) is 5.56 Å². The van der Waals surface area contributed by atoms with E-state index in [9.17, 15) is 9.59 Å². The van der Waals surface area contributed by atoms with Crippen LogP contribution in [0.25, 0.3) is 0 Å². The zero-order valence-corrected chi connectivity index (χ0v) is 11.5. The molecule has 0 aliphatic heterocycles. The molecule has 6 heteroatoms. The van der Waals surface area contributed by atoms with Crippen LogP contribution in [0.4, 0.5) is 4.79 Å². The summed E-state index contributed by atoms with van der Waals surface area (Å²) in [5.41, 5.74) is 0.694. The van der Waals surface area contributed by atoms with Crippen LogP contribution in [0, 0.1) is 5.92 Å². The van der Waals surface area contributed by atoms with Crippen molar-refractivity contribution in [2.45, 2.75) is 26.3 Å². The maximum Gasteiger partial charge on any atom is 0.407 e. The van der Waals surface area contributed by atoms with Gasteiger partial charge in [-0.05, 0) is 23.6 Å². The summed E-state index contributed by atoms with van der Waals surface area (Å²) in [6.07, 6.45) is -0.628. The van der Waals surface area contributed by atoms with Crippen LogP contribution >= 0.6 is 0 Å². The van der Waals surface area contributed by atoms with Crippen molar-refractivity contribution < 1.29 is 24.5 Å². The molecule has 1 amide bonds. The fraction of sp³-hybridized carbons (Fsp3) is 0.429. The standard InChI is InChI=1S/C14H19NO5/c1-9(2)8-20-14(19)15-12(13(17)18)7-10-3-5-11(16)6-4-10/h3-6,9,12,16H,7-8H2,1-2H3,(H,15,19)(H,17,18)/t12-/m1/s1. The van der Waals surface area contributed by atoms with Crippen LogP contribution in [0.5, 0.6) is 5.75 Å². The van der Waals surface area contributed by atoms with Crippen molar-refractivity contribution >= 4 is 12.1 Å². The minimum atomic E-state index is -1.14. The van der Waals surface area contributed by atoms with E-state index in [4.69, 9.17) is 14.9 Å². The molecule has 0 heterocycles. The Hall–Kier alpha value is -2.24. The topological polar surface area (TPSA) is 95.9 Å². The molecule has 0 aromatic heterocycles. The first-order chi connectivity index (χ1) is 9.38. The van der Waals surface area contributed by atoms with Gasteiger partial charge in [0.1, 0.15) is 11.8 Å². The number of carboxylic acids is 1. The molecule has 3 N–H and O–H groups in total. The molecule has 1 rings (SSSR count).